The first-order valence-corrected chi connectivity index (χ1v) is 7.22. The molecule has 0 unspecified atom stereocenters. The van der Waals surface area contributed by atoms with Crippen molar-refractivity contribution in [2.45, 2.75) is 0 Å². The molecule has 1 aromatic heterocycles. The van der Waals surface area contributed by atoms with Gasteiger partial charge in [0, 0.05) is 29.1 Å². The molecule has 4 nitrogen and oxygen atoms in total. The quantitative estimate of drug-likeness (QED) is 0.412. The molecule has 0 bridgehead atoms. The number of carbonyl (C=O) groups is 1. The Kier molecular flexibility index (Phi) is 3.20. The summed E-state index contributed by atoms with van der Waals surface area (Å²) >= 11 is 0. The predicted octanol–water partition coefficient (Wildman–Crippen LogP) is 3.60. The molecule has 23 heavy (non-hydrogen) atoms. The van der Waals surface area contributed by atoms with Gasteiger partial charge in [0.15, 0.2) is 5.82 Å². The van der Waals surface area contributed by atoms with Crippen LogP contribution in [0.5, 0.6) is 5.75 Å². The molecule has 3 aromatic rings. The molecular weight excluding hydrogens is 288 g/mol. The van der Waals surface area contributed by atoms with Gasteiger partial charge in [0.1, 0.15) is 5.75 Å². The minimum Gasteiger partial charge on any atom is -0.422 e. The summed E-state index contributed by atoms with van der Waals surface area (Å²) in [4.78, 5) is 20.7. The van der Waals surface area contributed by atoms with Gasteiger partial charge in [-0.2, -0.15) is 0 Å². The van der Waals surface area contributed by atoms with Crippen LogP contribution in [0.2, 0.25) is 0 Å². The molecule has 1 aliphatic heterocycles. The van der Waals surface area contributed by atoms with Crippen LogP contribution in [-0.4, -0.2) is 15.9 Å². The maximum atomic E-state index is 12.0. The van der Waals surface area contributed by atoms with Crippen molar-refractivity contribution < 1.29 is 9.53 Å². The van der Waals surface area contributed by atoms with Gasteiger partial charge in [-0.15, -0.1) is 0 Å². The van der Waals surface area contributed by atoms with E-state index in [9.17, 15) is 4.79 Å². The minimum absolute atomic E-state index is 0.349. The molecule has 0 fully saturated rings. The Labute approximate surface area is 133 Å². The zero-order chi connectivity index (χ0) is 15.6. The third-order valence-electron chi connectivity index (χ3n) is 3.61. The Hall–Kier alpha value is -3.27. The van der Waals surface area contributed by atoms with Crippen LogP contribution in [0.1, 0.15) is 11.1 Å². The SMILES string of the molecule is O=C1Oc2ccccc2/C1=C/c1cnc(-c2ccccc2)nc1. The van der Waals surface area contributed by atoms with Crippen molar-refractivity contribution in [1.82, 2.24) is 9.97 Å². The molecule has 0 atom stereocenters. The molecular formula is C19H12N2O2. The fraction of sp³-hybridized carbons (Fsp3) is 0. The largest absolute Gasteiger partial charge is 0.422 e. The first-order chi connectivity index (χ1) is 11.3. The van der Waals surface area contributed by atoms with Crippen molar-refractivity contribution in [2.24, 2.45) is 0 Å². The first-order valence-electron chi connectivity index (χ1n) is 7.22. The van der Waals surface area contributed by atoms with Crippen molar-refractivity contribution in [3.8, 4) is 17.1 Å². The highest BCUT2D eigenvalue weighted by atomic mass is 16.5. The molecule has 0 N–H and O–H groups in total. The number of para-hydroxylation sites is 1. The van der Waals surface area contributed by atoms with E-state index in [1.807, 2.05) is 48.5 Å². The van der Waals surface area contributed by atoms with Crippen molar-refractivity contribution in [2.75, 3.05) is 0 Å². The standard InChI is InChI=1S/C19H12N2O2/c22-19-16(15-8-4-5-9-17(15)23-19)10-13-11-20-18(21-12-13)14-6-2-1-3-7-14/h1-12H/b16-10-. The van der Waals surface area contributed by atoms with E-state index in [1.54, 1.807) is 24.5 Å². The van der Waals surface area contributed by atoms with E-state index in [0.717, 1.165) is 16.7 Å². The molecule has 2 aromatic carbocycles. The second-order valence-corrected chi connectivity index (χ2v) is 5.15. The van der Waals surface area contributed by atoms with Crippen LogP contribution in [0.25, 0.3) is 23.0 Å². The second-order valence-electron chi connectivity index (χ2n) is 5.15. The van der Waals surface area contributed by atoms with E-state index >= 15 is 0 Å². The number of esters is 1. The zero-order valence-corrected chi connectivity index (χ0v) is 12.1. The Morgan fingerprint density at radius 1 is 0.870 bits per heavy atom. The summed E-state index contributed by atoms with van der Waals surface area (Å²) in [6, 6.07) is 17.1. The summed E-state index contributed by atoms with van der Waals surface area (Å²) in [6.07, 6.45) is 5.16. The maximum absolute atomic E-state index is 12.0. The van der Waals surface area contributed by atoms with Crippen molar-refractivity contribution in [3.05, 3.63) is 78.1 Å². The number of ether oxygens (including phenoxy) is 1. The average molecular weight is 300 g/mol. The van der Waals surface area contributed by atoms with Crippen molar-refractivity contribution in [3.63, 3.8) is 0 Å². The highest BCUT2D eigenvalue weighted by Gasteiger charge is 2.26. The third kappa shape index (κ3) is 2.51. The highest BCUT2D eigenvalue weighted by molar-refractivity contribution is 6.25. The lowest BCUT2D eigenvalue weighted by Crippen LogP contribution is -2.00. The lowest BCUT2D eigenvalue weighted by molar-refractivity contribution is -0.126. The maximum Gasteiger partial charge on any atom is 0.344 e. The smallest absolute Gasteiger partial charge is 0.344 e. The Bertz CT molecular complexity index is 900. The number of hydrogen-bond acceptors (Lipinski definition) is 4. The van der Waals surface area contributed by atoms with Crippen molar-refractivity contribution in [1.29, 1.82) is 0 Å². The number of nitrogens with zero attached hydrogens (tertiary/aromatic N) is 2. The summed E-state index contributed by atoms with van der Waals surface area (Å²) in [5.74, 6) is 0.894. The van der Waals surface area contributed by atoms with Crippen LogP contribution in [0.3, 0.4) is 0 Å². The lowest BCUT2D eigenvalue weighted by Gasteiger charge is -2.00. The van der Waals surface area contributed by atoms with Gasteiger partial charge in [-0.3, -0.25) is 0 Å². The predicted molar refractivity (Wildman–Crippen MR) is 87.4 cm³/mol. The number of carbonyl (C=O) groups excluding carboxylic acids is 1. The van der Waals surface area contributed by atoms with Crippen LogP contribution >= 0.6 is 0 Å². The molecule has 0 amide bonds. The van der Waals surface area contributed by atoms with Crippen LogP contribution in [0.15, 0.2) is 67.0 Å². The van der Waals surface area contributed by atoms with Crippen LogP contribution in [-0.2, 0) is 4.79 Å². The average Bonchev–Trinajstić information content (AvgIpc) is 2.92. The zero-order valence-electron chi connectivity index (χ0n) is 12.1. The molecule has 110 valence electrons. The lowest BCUT2D eigenvalue weighted by atomic mass is 10.1. The molecule has 0 spiro atoms. The summed E-state index contributed by atoms with van der Waals surface area (Å²) in [5.41, 5.74) is 3.03. The summed E-state index contributed by atoms with van der Waals surface area (Å²) in [7, 11) is 0. The topological polar surface area (TPSA) is 52.1 Å². The summed E-state index contributed by atoms with van der Waals surface area (Å²) < 4.78 is 5.24. The Morgan fingerprint density at radius 3 is 2.35 bits per heavy atom. The summed E-state index contributed by atoms with van der Waals surface area (Å²) in [6.45, 7) is 0. The molecule has 0 aliphatic carbocycles. The first kappa shape index (κ1) is 13.4. The third-order valence-corrected chi connectivity index (χ3v) is 3.61. The Balaban J connectivity index is 1.68. The highest BCUT2D eigenvalue weighted by Crippen LogP contribution is 2.34. The van der Waals surface area contributed by atoms with Gasteiger partial charge < -0.3 is 4.74 Å². The number of benzene rings is 2. The van der Waals surface area contributed by atoms with Crippen LogP contribution in [0.4, 0.5) is 0 Å². The number of hydrogen-bond donors (Lipinski definition) is 0. The van der Waals surface area contributed by atoms with Crippen molar-refractivity contribution >= 4 is 17.6 Å². The van der Waals surface area contributed by atoms with Gasteiger partial charge in [0.05, 0.1) is 5.57 Å². The molecule has 4 rings (SSSR count). The van der Waals surface area contributed by atoms with E-state index in [0.29, 0.717) is 17.1 Å². The minimum atomic E-state index is -0.349. The fourth-order valence-electron chi connectivity index (χ4n) is 2.50. The summed E-state index contributed by atoms with van der Waals surface area (Å²) in [5, 5.41) is 0. The van der Waals surface area contributed by atoms with E-state index in [1.165, 1.54) is 0 Å². The van der Waals surface area contributed by atoms with E-state index in [-0.39, 0.29) is 5.97 Å². The van der Waals surface area contributed by atoms with Gasteiger partial charge in [-0.1, -0.05) is 48.5 Å². The molecule has 0 saturated carbocycles. The number of rotatable bonds is 2. The van der Waals surface area contributed by atoms with Gasteiger partial charge >= 0.3 is 5.97 Å². The number of aromatic nitrogens is 2. The van der Waals surface area contributed by atoms with E-state index in [4.69, 9.17) is 4.74 Å². The van der Waals surface area contributed by atoms with Crippen LogP contribution in [0, 0.1) is 0 Å². The molecule has 0 saturated heterocycles. The van der Waals surface area contributed by atoms with Gasteiger partial charge in [-0.25, -0.2) is 14.8 Å². The molecule has 2 heterocycles. The van der Waals surface area contributed by atoms with E-state index < -0.39 is 0 Å². The molecule has 0 radical (unpaired) electrons. The Morgan fingerprint density at radius 2 is 1.57 bits per heavy atom. The van der Waals surface area contributed by atoms with Gasteiger partial charge in [-0.05, 0) is 12.1 Å². The van der Waals surface area contributed by atoms with E-state index in [2.05, 4.69) is 9.97 Å². The van der Waals surface area contributed by atoms with Gasteiger partial charge in [0.25, 0.3) is 0 Å². The normalized spacial score (nSPS) is 14.6. The molecule has 1 aliphatic rings. The van der Waals surface area contributed by atoms with Gasteiger partial charge in [0.2, 0.25) is 0 Å². The monoisotopic (exact) mass is 300 g/mol. The molecule has 4 heteroatoms. The fourth-order valence-corrected chi connectivity index (χ4v) is 2.50. The second kappa shape index (κ2) is 5.50. The number of fused-ring (bicyclic) bond motifs is 1. The van der Waals surface area contributed by atoms with Crippen LogP contribution < -0.4 is 4.74 Å².